The van der Waals surface area contributed by atoms with Crippen molar-refractivity contribution in [3.63, 3.8) is 0 Å². The molecule has 1 aromatic heterocycles. The molecule has 1 N–H and O–H groups in total. The van der Waals surface area contributed by atoms with Crippen LogP contribution in [0.15, 0.2) is 18.2 Å². The van der Waals surface area contributed by atoms with E-state index >= 15 is 0 Å². The summed E-state index contributed by atoms with van der Waals surface area (Å²) in [5.41, 5.74) is 1.18. The highest BCUT2D eigenvalue weighted by Gasteiger charge is 2.15. The van der Waals surface area contributed by atoms with Crippen LogP contribution < -0.4 is 9.47 Å². The fourth-order valence-corrected chi connectivity index (χ4v) is 2.13. The van der Waals surface area contributed by atoms with Gasteiger partial charge in [-0.25, -0.2) is 4.98 Å². The summed E-state index contributed by atoms with van der Waals surface area (Å²) in [6, 6.07) is 5.34. The Morgan fingerprint density at radius 1 is 1.22 bits per heavy atom. The van der Waals surface area contributed by atoms with Gasteiger partial charge in [0.15, 0.2) is 0 Å². The molecule has 96 valence electrons. The predicted molar refractivity (Wildman–Crippen MR) is 70.5 cm³/mol. The van der Waals surface area contributed by atoms with Crippen molar-refractivity contribution in [3.05, 3.63) is 28.9 Å². The van der Waals surface area contributed by atoms with Crippen LogP contribution in [0, 0.1) is 0 Å². The molecular weight excluding hydrogens is 254 g/mol. The molecule has 1 heterocycles. The van der Waals surface area contributed by atoms with Gasteiger partial charge in [0.05, 0.1) is 20.3 Å². The molecule has 0 bridgehead atoms. The Kier molecular flexibility index (Phi) is 3.59. The van der Waals surface area contributed by atoms with Crippen molar-refractivity contribution in [1.82, 2.24) is 4.98 Å². The van der Waals surface area contributed by atoms with E-state index in [1.54, 1.807) is 39.3 Å². The quantitative estimate of drug-likeness (QED) is 0.869. The van der Waals surface area contributed by atoms with Gasteiger partial charge in [-0.3, -0.25) is 0 Å². The molecule has 0 aliphatic carbocycles. The van der Waals surface area contributed by atoms with Crippen molar-refractivity contribution < 1.29 is 14.6 Å². The van der Waals surface area contributed by atoms with Crippen molar-refractivity contribution in [2.24, 2.45) is 0 Å². The number of halogens is 1. The largest absolute Gasteiger partial charge is 0.496 e. The lowest BCUT2D eigenvalue weighted by molar-refractivity contribution is 0.199. The molecule has 0 aliphatic rings. The number of methoxy groups -OCH3 is 2. The first-order valence-electron chi connectivity index (χ1n) is 5.47. The fraction of sp³-hybridized carbons (Fsp3) is 0.308. The van der Waals surface area contributed by atoms with Gasteiger partial charge in [-0.05, 0) is 25.1 Å². The molecule has 0 fully saturated rings. The van der Waals surface area contributed by atoms with Crippen molar-refractivity contribution in [2.75, 3.05) is 14.2 Å². The highest BCUT2D eigenvalue weighted by atomic mass is 35.5. The highest BCUT2D eigenvalue weighted by Crippen LogP contribution is 2.35. The maximum atomic E-state index is 9.66. The zero-order valence-corrected chi connectivity index (χ0v) is 11.2. The fourth-order valence-electron chi connectivity index (χ4n) is 1.84. The van der Waals surface area contributed by atoms with Crippen LogP contribution in [0.2, 0.25) is 5.15 Å². The summed E-state index contributed by atoms with van der Waals surface area (Å²) in [5.74, 6) is 1.28. The summed E-state index contributed by atoms with van der Waals surface area (Å²) < 4.78 is 10.5. The molecule has 1 unspecified atom stereocenters. The Bertz CT molecular complexity index is 584. The maximum Gasteiger partial charge on any atom is 0.145 e. The molecule has 0 amide bonds. The number of rotatable bonds is 3. The zero-order chi connectivity index (χ0) is 13.3. The van der Waals surface area contributed by atoms with Crippen molar-refractivity contribution in [2.45, 2.75) is 13.0 Å². The van der Waals surface area contributed by atoms with E-state index < -0.39 is 6.10 Å². The summed E-state index contributed by atoms with van der Waals surface area (Å²) in [6.07, 6.45) is -0.690. The third-order valence-electron chi connectivity index (χ3n) is 2.78. The number of fused-ring (bicyclic) bond motifs is 1. The number of aromatic nitrogens is 1. The molecule has 0 saturated carbocycles. The smallest absolute Gasteiger partial charge is 0.145 e. The third-order valence-corrected chi connectivity index (χ3v) is 3.08. The van der Waals surface area contributed by atoms with Crippen LogP contribution in [0.5, 0.6) is 11.5 Å². The minimum absolute atomic E-state index is 0.268. The Labute approximate surface area is 110 Å². The molecule has 0 spiro atoms. The van der Waals surface area contributed by atoms with E-state index in [1.165, 1.54) is 0 Å². The minimum Gasteiger partial charge on any atom is -0.496 e. The van der Waals surface area contributed by atoms with E-state index in [-0.39, 0.29) is 5.15 Å². The zero-order valence-electron chi connectivity index (χ0n) is 10.4. The average molecular weight is 268 g/mol. The molecular formula is C13H14ClNO3. The predicted octanol–water partition coefficient (Wildman–Crippen LogP) is 2.96. The van der Waals surface area contributed by atoms with E-state index in [0.29, 0.717) is 22.6 Å². The Hall–Kier alpha value is -1.52. The average Bonchev–Trinajstić information content (AvgIpc) is 2.36. The van der Waals surface area contributed by atoms with Gasteiger partial charge in [0.2, 0.25) is 0 Å². The van der Waals surface area contributed by atoms with E-state index in [9.17, 15) is 5.11 Å². The molecule has 1 aromatic carbocycles. The summed E-state index contributed by atoms with van der Waals surface area (Å²) in [5, 5.41) is 10.7. The molecule has 4 nitrogen and oxygen atoms in total. The lowest BCUT2D eigenvalue weighted by Crippen LogP contribution is -1.98. The monoisotopic (exact) mass is 267 g/mol. The molecule has 2 rings (SSSR count). The van der Waals surface area contributed by atoms with Crippen LogP contribution in [-0.2, 0) is 0 Å². The highest BCUT2D eigenvalue weighted by molar-refractivity contribution is 6.30. The number of aliphatic hydroxyl groups is 1. The first-order valence-corrected chi connectivity index (χ1v) is 5.85. The molecule has 1 atom stereocenters. The van der Waals surface area contributed by atoms with Gasteiger partial charge >= 0.3 is 0 Å². The number of pyridine rings is 1. The van der Waals surface area contributed by atoms with E-state index in [2.05, 4.69) is 4.98 Å². The van der Waals surface area contributed by atoms with Gasteiger partial charge in [-0.1, -0.05) is 11.6 Å². The SMILES string of the molecule is COc1ccc(OC)c2nc(Cl)c(C(C)O)cc12. The summed E-state index contributed by atoms with van der Waals surface area (Å²) >= 11 is 6.06. The third kappa shape index (κ3) is 2.09. The van der Waals surface area contributed by atoms with Crippen LogP contribution in [0.3, 0.4) is 0 Å². The van der Waals surface area contributed by atoms with Gasteiger partial charge in [-0.2, -0.15) is 0 Å². The first-order chi connectivity index (χ1) is 8.58. The van der Waals surface area contributed by atoms with Crippen LogP contribution in [-0.4, -0.2) is 24.3 Å². The Morgan fingerprint density at radius 2 is 1.83 bits per heavy atom. The number of hydrogen-bond donors (Lipinski definition) is 1. The second-order valence-electron chi connectivity index (χ2n) is 3.91. The van der Waals surface area contributed by atoms with Gasteiger partial charge < -0.3 is 14.6 Å². The molecule has 0 saturated heterocycles. The molecule has 0 aliphatic heterocycles. The number of benzene rings is 1. The number of nitrogens with zero attached hydrogens (tertiary/aromatic N) is 1. The van der Waals surface area contributed by atoms with Crippen LogP contribution in [0.25, 0.3) is 10.9 Å². The van der Waals surface area contributed by atoms with Gasteiger partial charge in [-0.15, -0.1) is 0 Å². The lowest BCUT2D eigenvalue weighted by Gasteiger charge is -2.13. The number of ether oxygens (including phenoxy) is 2. The van der Waals surface area contributed by atoms with Gasteiger partial charge in [0.1, 0.15) is 22.2 Å². The summed E-state index contributed by atoms with van der Waals surface area (Å²) in [4.78, 5) is 4.28. The number of aliphatic hydroxyl groups excluding tert-OH is 1. The lowest BCUT2D eigenvalue weighted by atomic mass is 10.1. The summed E-state index contributed by atoms with van der Waals surface area (Å²) in [6.45, 7) is 1.64. The standard InChI is InChI=1S/C13H14ClNO3/c1-7(16)8-6-9-10(17-2)4-5-11(18-3)12(9)15-13(8)14/h4-7,16H,1-3H3. The van der Waals surface area contributed by atoms with Crippen molar-refractivity contribution in [1.29, 1.82) is 0 Å². The molecule has 0 radical (unpaired) electrons. The minimum atomic E-state index is -0.690. The second-order valence-corrected chi connectivity index (χ2v) is 4.27. The van der Waals surface area contributed by atoms with Crippen molar-refractivity contribution >= 4 is 22.5 Å². The Morgan fingerprint density at radius 3 is 2.39 bits per heavy atom. The van der Waals surface area contributed by atoms with Crippen LogP contribution in [0.1, 0.15) is 18.6 Å². The Balaban J connectivity index is 2.81. The topological polar surface area (TPSA) is 51.6 Å². The van der Waals surface area contributed by atoms with E-state index in [4.69, 9.17) is 21.1 Å². The molecule has 2 aromatic rings. The van der Waals surface area contributed by atoms with Crippen molar-refractivity contribution in [3.8, 4) is 11.5 Å². The molecule has 18 heavy (non-hydrogen) atoms. The maximum absolute atomic E-state index is 9.66. The van der Waals surface area contributed by atoms with Crippen LogP contribution in [0.4, 0.5) is 0 Å². The normalized spacial score (nSPS) is 12.5. The van der Waals surface area contributed by atoms with Gasteiger partial charge in [0.25, 0.3) is 0 Å². The first kappa shape index (κ1) is 12.9. The van der Waals surface area contributed by atoms with E-state index in [0.717, 1.165) is 5.39 Å². The molecule has 5 heteroatoms. The second kappa shape index (κ2) is 5.00. The summed E-state index contributed by atoms with van der Waals surface area (Å²) in [7, 11) is 3.15. The van der Waals surface area contributed by atoms with Crippen LogP contribution >= 0.6 is 11.6 Å². The van der Waals surface area contributed by atoms with E-state index in [1.807, 2.05) is 0 Å². The number of hydrogen-bond acceptors (Lipinski definition) is 4. The van der Waals surface area contributed by atoms with Gasteiger partial charge in [0, 0.05) is 10.9 Å².